The van der Waals surface area contributed by atoms with Crippen molar-refractivity contribution in [2.75, 3.05) is 0 Å². The minimum atomic E-state index is -4.68. The molecule has 2 aromatic carbocycles. The third-order valence-corrected chi connectivity index (χ3v) is 3.35. The molecule has 0 radical (unpaired) electrons. The van der Waals surface area contributed by atoms with Crippen molar-refractivity contribution in [3.8, 4) is 11.4 Å². The fraction of sp³-hybridized carbons (Fsp3) is 0.118. The van der Waals surface area contributed by atoms with Gasteiger partial charge in [0.2, 0.25) is 5.82 Å². The summed E-state index contributed by atoms with van der Waals surface area (Å²) in [4.78, 5) is 15.9. The van der Waals surface area contributed by atoms with Gasteiger partial charge in [-0.15, -0.1) is 0 Å². The molecule has 1 aromatic heterocycles. The van der Waals surface area contributed by atoms with Crippen molar-refractivity contribution in [3.05, 3.63) is 71.4 Å². The van der Waals surface area contributed by atoms with Gasteiger partial charge in [-0.2, -0.15) is 18.2 Å². The summed E-state index contributed by atoms with van der Waals surface area (Å²) in [5.41, 5.74) is -1.24. The number of benzene rings is 2. The van der Waals surface area contributed by atoms with E-state index in [1.165, 1.54) is 36.4 Å². The third kappa shape index (κ3) is 3.88. The van der Waals surface area contributed by atoms with Crippen LogP contribution in [-0.2, 0) is 17.5 Å². The van der Waals surface area contributed by atoms with Crippen LogP contribution in [0.4, 0.5) is 17.6 Å². The average Bonchev–Trinajstić information content (AvgIpc) is 3.08. The van der Waals surface area contributed by atoms with Crippen molar-refractivity contribution in [2.45, 2.75) is 12.8 Å². The van der Waals surface area contributed by atoms with E-state index in [1.807, 2.05) is 0 Å². The minimum Gasteiger partial charge on any atom is -0.452 e. The number of carbonyl (C=O) groups excluding carboxylic acids is 1. The second-order valence-electron chi connectivity index (χ2n) is 5.14. The van der Waals surface area contributed by atoms with E-state index in [1.54, 1.807) is 0 Å². The first-order valence-electron chi connectivity index (χ1n) is 7.26. The van der Waals surface area contributed by atoms with Crippen molar-refractivity contribution in [3.63, 3.8) is 0 Å². The predicted octanol–water partition coefficient (Wildman–Crippen LogP) is 4.25. The number of alkyl halides is 3. The van der Waals surface area contributed by atoms with Crippen LogP contribution in [0.25, 0.3) is 11.4 Å². The zero-order chi connectivity index (χ0) is 18.7. The lowest BCUT2D eigenvalue weighted by atomic mass is 10.1. The maximum Gasteiger partial charge on any atom is 0.417 e. The molecular weight excluding hydrogens is 356 g/mol. The van der Waals surface area contributed by atoms with Gasteiger partial charge in [-0.05, 0) is 36.4 Å². The number of hydrogen-bond donors (Lipinski definition) is 0. The largest absolute Gasteiger partial charge is 0.452 e. The van der Waals surface area contributed by atoms with E-state index in [-0.39, 0.29) is 11.7 Å². The summed E-state index contributed by atoms with van der Waals surface area (Å²) < 4.78 is 61.3. The second kappa shape index (κ2) is 6.95. The molecule has 134 valence electrons. The molecule has 26 heavy (non-hydrogen) atoms. The van der Waals surface area contributed by atoms with E-state index in [4.69, 9.17) is 9.26 Å². The molecule has 0 saturated heterocycles. The van der Waals surface area contributed by atoms with Gasteiger partial charge in [-0.25, -0.2) is 9.18 Å². The number of rotatable bonds is 4. The topological polar surface area (TPSA) is 65.2 Å². The van der Waals surface area contributed by atoms with E-state index in [0.717, 1.165) is 12.1 Å². The smallest absolute Gasteiger partial charge is 0.417 e. The molecule has 0 atom stereocenters. The number of esters is 1. The summed E-state index contributed by atoms with van der Waals surface area (Å²) in [5.74, 6) is -1.58. The monoisotopic (exact) mass is 366 g/mol. The number of halogens is 4. The lowest BCUT2D eigenvalue weighted by molar-refractivity contribution is -0.138. The summed E-state index contributed by atoms with van der Waals surface area (Å²) in [7, 11) is 0. The highest BCUT2D eigenvalue weighted by Crippen LogP contribution is 2.32. The Morgan fingerprint density at radius 2 is 1.77 bits per heavy atom. The maximum atomic E-state index is 12.9. The molecule has 0 unspecified atom stereocenters. The van der Waals surface area contributed by atoms with E-state index in [2.05, 4.69) is 10.1 Å². The van der Waals surface area contributed by atoms with Crippen molar-refractivity contribution in [1.29, 1.82) is 0 Å². The van der Waals surface area contributed by atoms with Crippen LogP contribution in [0, 0.1) is 5.82 Å². The van der Waals surface area contributed by atoms with Gasteiger partial charge in [-0.3, -0.25) is 0 Å². The average molecular weight is 366 g/mol. The van der Waals surface area contributed by atoms with Crippen LogP contribution < -0.4 is 0 Å². The number of nitrogens with zero attached hydrogens (tertiary/aromatic N) is 2. The number of carbonyl (C=O) groups is 1. The molecule has 9 heteroatoms. The molecule has 5 nitrogen and oxygen atoms in total. The van der Waals surface area contributed by atoms with E-state index < -0.39 is 35.7 Å². The fourth-order valence-corrected chi connectivity index (χ4v) is 2.14. The first-order chi connectivity index (χ1) is 12.3. The molecule has 3 aromatic rings. The van der Waals surface area contributed by atoms with Crippen LogP contribution >= 0.6 is 0 Å². The molecule has 0 aliphatic carbocycles. The maximum absolute atomic E-state index is 12.9. The van der Waals surface area contributed by atoms with Crippen molar-refractivity contribution >= 4 is 5.97 Å². The fourth-order valence-electron chi connectivity index (χ4n) is 2.14. The zero-order valence-electron chi connectivity index (χ0n) is 13.0. The summed E-state index contributed by atoms with van der Waals surface area (Å²) in [6.07, 6.45) is -4.68. The van der Waals surface area contributed by atoms with Crippen LogP contribution in [0.1, 0.15) is 21.8 Å². The molecule has 0 bridgehead atoms. The summed E-state index contributed by atoms with van der Waals surface area (Å²) in [6, 6.07) is 9.54. The highest BCUT2D eigenvalue weighted by molar-refractivity contribution is 5.91. The standard InChI is InChI=1S/C17H10F4N2O3/c18-11-7-5-10(6-8-11)15-22-14(26-23-15)9-25-16(24)12-3-1-2-4-13(12)17(19,20)21/h1-8H,9H2. The van der Waals surface area contributed by atoms with Gasteiger partial charge >= 0.3 is 12.1 Å². The van der Waals surface area contributed by atoms with Crippen LogP contribution in [0.15, 0.2) is 53.1 Å². The van der Waals surface area contributed by atoms with Gasteiger partial charge in [0.05, 0.1) is 11.1 Å². The van der Waals surface area contributed by atoms with Gasteiger partial charge < -0.3 is 9.26 Å². The number of ether oxygens (including phenoxy) is 1. The Balaban J connectivity index is 1.70. The van der Waals surface area contributed by atoms with Gasteiger partial charge in [0.15, 0.2) is 6.61 Å². The Hall–Kier alpha value is -3.23. The Morgan fingerprint density at radius 1 is 1.08 bits per heavy atom. The second-order valence-corrected chi connectivity index (χ2v) is 5.14. The first-order valence-corrected chi connectivity index (χ1v) is 7.26. The molecular formula is C17H10F4N2O3. The molecule has 0 spiro atoms. The van der Waals surface area contributed by atoms with Gasteiger partial charge in [-0.1, -0.05) is 17.3 Å². The van der Waals surface area contributed by atoms with Gasteiger partial charge in [0, 0.05) is 5.56 Å². The Bertz CT molecular complexity index is 920. The van der Waals surface area contributed by atoms with E-state index >= 15 is 0 Å². The van der Waals surface area contributed by atoms with Crippen molar-refractivity contribution in [2.24, 2.45) is 0 Å². The molecule has 3 rings (SSSR count). The molecule has 0 aliphatic heterocycles. The van der Waals surface area contributed by atoms with Crippen LogP contribution in [0.3, 0.4) is 0 Å². The zero-order valence-corrected chi connectivity index (χ0v) is 13.0. The molecule has 0 N–H and O–H groups in total. The molecule has 0 aliphatic rings. The van der Waals surface area contributed by atoms with Crippen molar-refractivity contribution < 1.29 is 31.6 Å². The number of aromatic nitrogens is 2. The highest BCUT2D eigenvalue weighted by Gasteiger charge is 2.35. The van der Waals surface area contributed by atoms with Crippen LogP contribution in [-0.4, -0.2) is 16.1 Å². The normalized spacial score (nSPS) is 11.4. The summed E-state index contributed by atoms with van der Waals surface area (Å²) in [5, 5.41) is 3.64. The van der Waals surface area contributed by atoms with Crippen molar-refractivity contribution in [1.82, 2.24) is 10.1 Å². The quantitative estimate of drug-likeness (QED) is 0.510. The first kappa shape index (κ1) is 17.6. The minimum absolute atomic E-state index is 0.109. The lowest BCUT2D eigenvalue weighted by Gasteiger charge is -2.11. The summed E-state index contributed by atoms with van der Waals surface area (Å²) >= 11 is 0. The lowest BCUT2D eigenvalue weighted by Crippen LogP contribution is -2.15. The molecule has 0 fully saturated rings. The molecule has 1 heterocycles. The summed E-state index contributed by atoms with van der Waals surface area (Å²) in [6.45, 7) is -0.501. The molecule has 0 saturated carbocycles. The van der Waals surface area contributed by atoms with E-state index in [0.29, 0.717) is 5.56 Å². The van der Waals surface area contributed by atoms with E-state index in [9.17, 15) is 22.4 Å². The number of hydrogen-bond acceptors (Lipinski definition) is 5. The van der Waals surface area contributed by atoms with Crippen LogP contribution in [0.2, 0.25) is 0 Å². The Kier molecular flexibility index (Phi) is 4.70. The SMILES string of the molecule is O=C(OCc1nc(-c2ccc(F)cc2)no1)c1ccccc1C(F)(F)F. The molecule has 0 amide bonds. The Morgan fingerprint density at radius 3 is 2.46 bits per heavy atom. The van der Waals surface area contributed by atoms with Gasteiger partial charge in [0.25, 0.3) is 5.89 Å². The Labute approximate surface area is 144 Å². The predicted molar refractivity (Wildman–Crippen MR) is 80.3 cm³/mol. The third-order valence-electron chi connectivity index (χ3n) is 3.35. The van der Waals surface area contributed by atoms with Crippen LogP contribution in [0.5, 0.6) is 0 Å². The highest BCUT2D eigenvalue weighted by atomic mass is 19.4. The van der Waals surface area contributed by atoms with Gasteiger partial charge in [0.1, 0.15) is 5.82 Å².